The van der Waals surface area contributed by atoms with Crippen LogP contribution in [-0.4, -0.2) is 55.9 Å². The number of nitrogens with zero attached hydrogens (tertiary/aromatic N) is 5. The second-order valence-electron chi connectivity index (χ2n) is 7.57. The molecule has 9 nitrogen and oxygen atoms in total. The first kappa shape index (κ1) is 20.3. The molecular formula is C22H20FN5O4. The highest BCUT2D eigenvalue weighted by Gasteiger charge is 2.20. The minimum Gasteiger partial charge on any atom is -0.501 e. The molecule has 0 unspecified atom stereocenters. The first-order valence-corrected chi connectivity index (χ1v) is 10.2. The van der Waals surface area contributed by atoms with E-state index in [0.717, 1.165) is 24.2 Å². The molecule has 1 aliphatic heterocycles. The lowest BCUT2D eigenvalue weighted by Crippen LogP contribution is -2.35. The summed E-state index contributed by atoms with van der Waals surface area (Å²) in [5.41, 5.74) is 1.37. The molecule has 4 aromatic rings. The third-order valence-electron chi connectivity index (χ3n) is 5.31. The number of morpholine rings is 1. The van der Waals surface area contributed by atoms with E-state index in [9.17, 15) is 14.3 Å². The van der Waals surface area contributed by atoms with Crippen molar-refractivity contribution in [2.45, 2.75) is 13.0 Å². The molecule has 32 heavy (non-hydrogen) atoms. The quantitative estimate of drug-likeness (QED) is 0.506. The van der Waals surface area contributed by atoms with E-state index in [2.05, 4.69) is 20.1 Å². The summed E-state index contributed by atoms with van der Waals surface area (Å²) in [5.74, 6) is -0.702. The van der Waals surface area contributed by atoms with E-state index in [0.29, 0.717) is 25.4 Å². The largest absolute Gasteiger partial charge is 0.501 e. The number of ether oxygens (including phenoxy) is 1. The highest BCUT2D eigenvalue weighted by atomic mass is 19.1. The summed E-state index contributed by atoms with van der Waals surface area (Å²) in [5, 5.41) is 18.4. The zero-order chi connectivity index (χ0) is 22.1. The van der Waals surface area contributed by atoms with Gasteiger partial charge in [0, 0.05) is 25.8 Å². The Hall–Kier alpha value is -3.63. The Balaban J connectivity index is 1.42. The number of hydrogen-bond acceptors (Lipinski definition) is 8. The van der Waals surface area contributed by atoms with E-state index in [1.54, 1.807) is 24.4 Å². The molecule has 0 bridgehead atoms. The topological polar surface area (TPSA) is 106 Å². The number of fused-ring (bicyclic) bond motifs is 1. The Labute approximate surface area is 181 Å². The number of aromatic hydroxyl groups is 1. The first-order chi connectivity index (χ1) is 15.6. The van der Waals surface area contributed by atoms with Gasteiger partial charge in [-0.2, -0.15) is 0 Å². The summed E-state index contributed by atoms with van der Waals surface area (Å²) < 4.78 is 25.4. The Morgan fingerprint density at radius 2 is 1.78 bits per heavy atom. The number of benzene rings is 1. The molecule has 0 amide bonds. The van der Waals surface area contributed by atoms with Gasteiger partial charge in [-0.25, -0.2) is 9.37 Å². The monoisotopic (exact) mass is 437 g/mol. The molecule has 10 heteroatoms. The van der Waals surface area contributed by atoms with Gasteiger partial charge < -0.3 is 14.3 Å². The van der Waals surface area contributed by atoms with Crippen LogP contribution in [-0.2, 0) is 17.7 Å². The van der Waals surface area contributed by atoms with Crippen LogP contribution in [0.5, 0.6) is 5.75 Å². The third-order valence-corrected chi connectivity index (χ3v) is 5.31. The van der Waals surface area contributed by atoms with Crippen LogP contribution in [0.3, 0.4) is 0 Å². The summed E-state index contributed by atoms with van der Waals surface area (Å²) in [7, 11) is 0. The fraction of sp³-hybridized carbons (Fsp3) is 0.273. The Bertz CT molecular complexity index is 1310. The second kappa shape index (κ2) is 8.48. The maximum absolute atomic E-state index is 13.1. The molecule has 0 atom stereocenters. The van der Waals surface area contributed by atoms with Crippen molar-refractivity contribution < 1.29 is 18.7 Å². The average Bonchev–Trinajstić information content (AvgIpc) is 3.27. The summed E-state index contributed by atoms with van der Waals surface area (Å²) in [6.07, 6.45) is 1.96. The van der Waals surface area contributed by atoms with Gasteiger partial charge in [-0.1, -0.05) is 18.2 Å². The number of pyridine rings is 1. The summed E-state index contributed by atoms with van der Waals surface area (Å²) in [6.45, 7) is 3.70. The highest BCUT2D eigenvalue weighted by Crippen LogP contribution is 2.24. The molecule has 1 fully saturated rings. The van der Waals surface area contributed by atoms with E-state index in [1.165, 1.54) is 16.5 Å². The van der Waals surface area contributed by atoms with Crippen LogP contribution in [0.15, 0.2) is 51.8 Å². The number of rotatable bonds is 5. The van der Waals surface area contributed by atoms with Crippen molar-refractivity contribution >= 4 is 5.65 Å². The van der Waals surface area contributed by atoms with Crippen LogP contribution in [0, 0.1) is 5.82 Å². The Kier molecular flexibility index (Phi) is 5.38. The Morgan fingerprint density at radius 1 is 1.03 bits per heavy atom. The summed E-state index contributed by atoms with van der Waals surface area (Å²) in [4.78, 5) is 19.4. The minimum atomic E-state index is -0.618. The van der Waals surface area contributed by atoms with Crippen molar-refractivity contribution in [1.82, 2.24) is 24.5 Å². The van der Waals surface area contributed by atoms with Crippen molar-refractivity contribution in [3.63, 3.8) is 0 Å². The number of hydrogen-bond donors (Lipinski definition) is 1. The minimum absolute atomic E-state index is 0.0587. The molecule has 0 saturated carbocycles. The molecule has 3 aromatic heterocycles. The molecule has 1 aliphatic rings. The molecule has 0 radical (unpaired) electrons. The zero-order valence-electron chi connectivity index (χ0n) is 17.1. The SMILES string of the molecule is O=c1c(O)c(-c2nnc(Cc3ccc(F)cc3)o2)nc2ccc(CN3CCOCC3)cn12. The molecule has 5 rings (SSSR count). The zero-order valence-corrected chi connectivity index (χ0v) is 17.1. The first-order valence-electron chi connectivity index (χ1n) is 10.2. The van der Waals surface area contributed by atoms with Gasteiger partial charge in [0.05, 0.1) is 19.6 Å². The van der Waals surface area contributed by atoms with Gasteiger partial charge >= 0.3 is 5.56 Å². The van der Waals surface area contributed by atoms with Crippen LogP contribution < -0.4 is 5.56 Å². The predicted molar refractivity (Wildman–Crippen MR) is 112 cm³/mol. The molecule has 1 saturated heterocycles. The number of aromatic nitrogens is 4. The lowest BCUT2D eigenvalue weighted by atomic mass is 10.1. The van der Waals surface area contributed by atoms with Gasteiger partial charge in [-0.05, 0) is 29.3 Å². The van der Waals surface area contributed by atoms with Gasteiger partial charge in [0.25, 0.3) is 5.89 Å². The molecule has 1 N–H and O–H groups in total. The van der Waals surface area contributed by atoms with Crippen LogP contribution in [0.2, 0.25) is 0 Å². The van der Waals surface area contributed by atoms with Gasteiger partial charge in [-0.15, -0.1) is 10.2 Å². The van der Waals surface area contributed by atoms with Crippen molar-refractivity contribution in [2.24, 2.45) is 0 Å². The van der Waals surface area contributed by atoms with Gasteiger partial charge in [0.2, 0.25) is 11.6 Å². The molecule has 0 aliphatic carbocycles. The lowest BCUT2D eigenvalue weighted by Gasteiger charge is -2.26. The normalized spacial score (nSPS) is 14.8. The molecule has 0 spiro atoms. The van der Waals surface area contributed by atoms with E-state index in [1.807, 2.05) is 6.07 Å². The average molecular weight is 437 g/mol. The lowest BCUT2D eigenvalue weighted by molar-refractivity contribution is 0.0341. The standard InChI is InChI=1S/C22H20FN5O4/c23-16-4-1-14(2-5-16)11-18-25-26-21(32-18)19-20(29)22(30)28-13-15(3-6-17(28)24-19)12-27-7-9-31-10-8-27/h1-6,13,29H,7-12H2. The van der Waals surface area contributed by atoms with Crippen molar-refractivity contribution in [3.8, 4) is 17.3 Å². The Morgan fingerprint density at radius 3 is 2.56 bits per heavy atom. The third kappa shape index (κ3) is 4.10. The van der Waals surface area contributed by atoms with Crippen molar-refractivity contribution in [1.29, 1.82) is 0 Å². The molecular weight excluding hydrogens is 417 g/mol. The summed E-state index contributed by atoms with van der Waals surface area (Å²) in [6, 6.07) is 9.54. The summed E-state index contributed by atoms with van der Waals surface area (Å²) >= 11 is 0. The van der Waals surface area contributed by atoms with Crippen LogP contribution >= 0.6 is 0 Å². The van der Waals surface area contributed by atoms with Crippen LogP contribution in [0.25, 0.3) is 17.2 Å². The molecule has 164 valence electrons. The highest BCUT2D eigenvalue weighted by molar-refractivity contribution is 5.60. The molecule has 1 aromatic carbocycles. The van der Waals surface area contributed by atoms with Gasteiger partial charge in [-0.3, -0.25) is 14.1 Å². The van der Waals surface area contributed by atoms with E-state index in [-0.39, 0.29) is 29.7 Å². The van der Waals surface area contributed by atoms with E-state index in [4.69, 9.17) is 9.15 Å². The van der Waals surface area contributed by atoms with E-state index < -0.39 is 11.3 Å². The fourth-order valence-electron chi connectivity index (χ4n) is 3.63. The van der Waals surface area contributed by atoms with Crippen LogP contribution in [0.1, 0.15) is 17.0 Å². The maximum Gasteiger partial charge on any atom is 0.300 e. The smallest absolute Gasteiger partial charge is 0.300 e. The fourth-order valence-corrected chi connectivity index (χ4v) is 3.63. The molecule has 4 heterocycles. The predicted octanol–water partition coefficient (Wildman–Crippen LogP) is 2.01. The van der Waals surface area contributed by atoms with E-state index >= 15 is 0 Å². The second-order valence-corrected chi connectivity index (χ2v) is 7.57. The van der Waals surface area contributed by atoms with Gasteiger partial charge in [0.1, 0.15) is 11.5 Å². The maximum atomic E-state index is 13.1. The van der Waals surface area contributed by atoms with Gasteiger partial charge in [0.15, 0.2) is 5.69 Å². The van der Waals surface area contributed by atoms with Crippen LogP contribution in [0.4, 0.5) is 4.39 Å². The van der Waals surface area contributed by atoms with Crippen molar-refractivity contribution in [3.05, 3.63) is 75.8 Å². The van der Waals surface area contributed by atoms with Crippen molar-refractivity contribution in [2.75, 3.05) is 26.3 Å². The number of halogens is 1.